The van der Waals surface area contributed by atoms with Crippen LogP contribution in [0.1, 0.15) is 35.9 Å². The zero-order chi connectivity index (χ0) is 20.1. The van der Waals surface area contributed by atoms with Crippen LogP contribution in [0.5, 0.6) is 0 Å². The Morgan fingerprint density at radius 3 is 2.41 bits per heavy atom. The fourth-order valence-electron chi connectivity index (χ4n) is 2.46. The average molecular weight is 412 g/mol. The maximum Gasteiger partial charge on any atom is 0.293 e. The summed E-state index contributed by atoms with van der Waals surface area (Å²) in [7, 11) is 0. The van der Waals surface area contributed by atoms with E-state index >= 15 is 0 Å². The fourth-order valence-corrected chi connectivity index (χ4v) is 3.11. The zero-order valence-corrected chi connectivity index (χ0v) is 16.2. The van der Waals surface area contributed by atoms with Gasteiger partial charge in [0.1, 0.15) is 5.69 Å². The van der Waals surface area contributed by atoms with Gasteiger partial charge in [0.05, 0.1) is 11.0 Å². The second-order valence-electron chi connectivity index (χ2n) is 6.15. The van der Waals surface area contributed by atoms with Crippen molar-refractivity contribution < 1.29 is 14.8 Å². The molecule has 1 unspecified atom stereocenters. The predicted molar refractivity (Wildman–Crippen MR) is 106 cm³/mol. The van der Waals surface area contributed by atoms with Crippen molar-refractivity contribution in [3.63, 3.8) is 0 Å². The van der Waals surface area contributed by atoms with E-state index in [0.29, 0.717) is 15.6 Å². The van der Waals surface area contributed by atoms with Gasteiger partial charge in [-0.1, -0.05) is 29.3 Å². The summed E-state index contributed by atoms with van der Waals surface area (Å²) < 4.78 is 0. The van der Waals surface area contributed by atoms with Crippen molar-refractivity contribution in [2.24, 2.45) is 0 Å². The van der Waals surface area contributed by atoms with E-state index in [1.165, 1.54) is 18.2 Å². The van der Waals surface area contributed by atoms with Crippen molar-refractivity contribution in [1.29, 1.82) is 0 Å². The molecule has 0 radical (unpaired) electrons. The van der Waals surface area contributed by atoms with Gasteiger partial charge < -0.3 is 15.7 Å². The molecule has 9 heteroatoms. The number of anilines is 1. The number of carbonyl (C=O) groups is 1. The van der Waals surface area contributed by atoms with Crippen LogP contribution in [-0.4, -0.2) is 28.5 Å². The molecule has 1 atom stereocenters. The molecule has 0 saturated heterocycles. The number of nitro groups is 1. The fraction of sp³-hybridized carbons (Fsp3) is 0.278. The van der Waals surface area contributed by atoms with Crippen LogP contribution >= 0.6 is 23.2 Å². The topological polar surface area (TPSA) is 104 Å². The lowest BCUT2D eigenvalue weighted by Crippen LogP contribution is -2.30. The van der Waals surface area contributed by atoms with Crippen LogP contribution in [-0.2, 0) is 0 Å². The standard InChI is InChI=1S/C18H19Cl2N3O4/c1-10(2)22-18(25)11-6-7-14(15(8-11)23(26)27)21-9-16(24)17-12(19)4-3-5-13(17)20/h3-8,10,16,21,24H,9H2,1-2H3,(H,22,25). The Morgan fingerprint density at radius 1 is 1.22 bits per heavy atom. The molecule has 0 spiro atoms. The van der Waals surface area contributed by atoms with Gasteiger partial charge in [-0.25, -0.2) is 0 Å². The third kappa shape index (κ3) is 5.32. The van der Waals surface area contributed by atoms with Crippen LogP contribution < -0.4 is 10.6 Å². The number of nitrogens with one attached hydrogen (secondary N) is 2. The summed E-state index contributed by atoms with van der Waals surface area (Å²) in [6.45, 7) is 3.54. The van der Waals surface area contributed by atoms with Gasteiger partial charge in [-0.15, -0.1) is 0 Å². The molecule has 0 aliphatic heterocycles. The Labute approximate surface area is 166 Å². The Hall–Kier alpha value is -2.35. The van der Waals surface area contributed by atoms with Gasteiger partial charge in [-0.3, -0.25) is 14.9 Å². The molecule has 144 valence electrons. The van der Waals surface area contributed by atoms with Crippen LogP contribution in [0.15, 0.2) is 36.4 Å². The summed E-state index contributed by atoms with van der Waals surface area (Å²) >= 11 is 12.1. The number of hydrogen-bond acceptors (Lipinski definition) is 5. The first kappa shape index (κ1) is 21.0. The number of benzene rings is 2. The SMILES string of the molecule is CC(C)NC(=O)c1ccc(NCC(O)c2c(Cl)cccc2Cl)c([N+](=O)[O-])c1. The van der Waals surface area contributed by atoms with Gasteiger partial charge in [0.25, 0.3) is 11.6 Å². The van der Waals surface area contributed by atoms with Crippen molar-refractivity contribution in [1.82, 2.24) is 5.32 Å². The number of hydrogen-bond donors (Lipinski definition) is 3. The van der Waals surface area contributed by atoms with Crippen molar-refractivity contribution in [2.75, 3.05) is 11.9 Å². The number of halogens is 2. The molecular weight excluding hydrogens is 393 g/mol. The summed E-state index contributed by atoms with van der Waals surface area (Å²) in [6.07, 6.45) is -1.07. The second-order valence-corrected chi connectivity index (χ2v) is 6.96. The minimum atomic E-state index is -1.07. The summed E-state index contributed by atoms with van der Waals surface area (Å²) in [4.78, 5) is 22.8. The van der Waals surface area contributed by atoms with Gasteiger partial charge in [0.2, 0.25) is 0 Å². The van der Waals surface area contributed by atoms with Gasteiger partial charge >= 0.3 is 0 Å². The Balaban J connectivity index is 2.21. The molecule has 0 saturated carbocycles. The van der Waals surface area contributed by atoms with Gasteiger partial charge in [-0.05, 0) is 38.1 Å². The molecule has 0 aliphatic carbocycles. The minimum absolute atomic E-state index is 0.0537. The highest BCUT2D eigenvalue weighted by Gasteiger charge is 2.20. The van der Waals surface area contributed by atoms with E-state index in [1.807, 2.05) is 0 Å². The van der Waals surface area contributed by atoms with E-state index in [1.54, 1.807) is 32.0 Å². The van der Waals surface area contributed by atoms with E-state index in [4.69, 9.17) is 23.2 Å². The number of aliphatic hydroxyl groups is 1. The molecule has 2 aromatic carbocycles. The summed E-state index contributed by atoms with van der Waals surface area (Å²) in [6, 6.07) is 8.84. The lowest BCUT2D eigenvalue weighted by Gasteiger charge is -2.16. The molecule has 2 rings (SSSR count). The van der Waals surface area contributed by atoms with Gasteiger partial charge in [0, 0.05) is 39.8 Å². The van der Waals surface area contributed by atoms with Gasteiger partial charge in [-0.2, -0.15) is 0 Å². The van der Waals surface area contributed by atoms with Crippen LogP contribution in [0.2, 0.25) is 10.0 Å². The predicted octanol–water partition coefficient (Wildman–Crippen LogP) is 4.19. The molecule has 0 heterocycles. The Kier molecular flexibility index (Phi) is 7.01. The monoisotopic (exact) mass is 411 g/mol. The Morgan fingerprint density at radius 2 is 1.85 bits per heavy atom. The highest BCUT2D eigenvalue weighted by Crippen LogP contribution is 2.31. The number of nitro benzene ring substituents is 1. The molecular formula is C18H19Cl2N3O4. The third-order valence-electron chi connectivity index (χ3n) is 3.70. The molecule has 3 N–H and O–H groups in total. The molecule has 27 heavy (non-hydrogen) atoms. The maximum absolute atomic E-state index is 12.0. The van der Waals surface area contributed by atoms with E-state index < -0.39 is 16.9 Å². The van der Waals surface area contributed by atoms with E-state index in [-0.39, 0.29) is 29.5 Å². The first-order valence-corrected chi connectivity index (χ1v) is 8.91. The molecule has 1 amide bonds. The van der Waals surface area contributed by atoms with Crippen LogP contribution in [0.3, 0.4) is 0 Å². The number of nitrogens with zero attached hydrogens (tertiary/aromatic N) is 1. The molecule has 0 fully saturated rings. The summed E-state index contributed by atoms with van der Waals surface area (Å²) in [5.41, 5.74) is 0.409. The van der Waals surface area contributed by atoms with Crippen LogP contribution in [0.25, 0.3) is 0 Å². The van der Waals surface area contributed by atoms with Crippen LogP contribution in [0, 0.1) is 10.1 Å². The summed E-state index contributed by atoms with van der Waals surface area (Å²) in [5.74, 6) is -0.400. The number of carbonyl (C=O) groups excluding carboxylic acids is 1. The smallest absolute Gasteiger partial charge is 0.293 e. The van der Waals surface area contributed by atoms with Gasteiger partial charge in [0.15, 0.2) is 0 Å². The molecule has 0 aromatic heterocycles. The largest absolute Gasteiger partial charge is 0.386 e. The molecule has 0 bridgehead atoms. The van der Waals surface area contributed by atoms with Crippen molar-refractivity contribution in [2.45, 2.75) is 26.0 Å². The lowest BCUT2D eigenvalue weighted by atomic mass is 10.1. The maximum atomic E-state index is 12.0. The molecule has 0 aliphatic rings. The van der Waals surface area contributed by atoms with Crippen molar-refractivity contribution >= 4 is 40.5 Å². The van der Waals surface area contributed by atoms with Crippen molar-refractivity contribution in [3.8, 4) is 0 Å². The first-order valence-electron chi connectivity index (χ1n) is 8.15. The Bertz CT molecular complexity index is 838. The lowest BCUT2D eigenvalue weighted by molar-refractivity contribution is -0.384. The number of rotatable bonds is 7. The van der Waals surface area contributed by atoms with Crippen LogP contribution in [0.4, 0.5) is 11.4 Å². The van der Waals surface area contributed by atoms with E-state index in [9.17, 15) is 20.0 Å². The zero-order valence-electron chi connectivity index (χ0n) is 14.7. The average Bonchev–Trinajstić information content (AvgIpc) is 2.58. The second kappa shape index (κ2) is 9.03. The summed E-state index contributed by atoms with van der Waals surface area (Å²) in [5, 5.41) is 27.8. The van der Waals surface area contributed by atoms with E-state index in [2.05, 4.69) is 10.6 Å². The first-order chi connectivity index (χ1) is 12.7. The number of amides is 1. The highest BCUT2D eigenvalue weighted by atomic mass is 35.5. The quantitative estimate of drug-likeness (QED) is 0.467. The van der Waals surface area contributed by atoms with Crippen molar-refractivity contribution in [3.05, 3.63) is 67.7 Å². The van der Waals surface area contributed by atoms with E-state index in [0.717, 1.165) is 0 Å². The third-order valence-corrected chi connectivity index (χ3v) is 4.35. The molecule has 2 aromatic rings. The highest BCUT2D eigenvalue weighted by molar-refractivity contribution is 6.36. The normalized spacial score (nSPS) is 11.9. The minimum Gasteiger partial charge on any atom is -0.386 e. The molecule has 7 nitrogen and oxygen atoms in total. The number of aliphatic hydroxyl groups excluding tert-OH is 1.